The van der Waals surface area contributed by atoms with Crippen LogP contribution in [0.3, 0.4) is 0 Å². The first-order valence-electron chi connectivity index (χ1n) is 7.31. The molecular weight excluding hydrogens is 286 g/mol. The van der Waals surface area contributed by atoms with Crippen molar-refractivity contribution < 1.29 is 23.8 Å². The number of ether oxygens (including phenoxy) is 2. The number of hydrogen-bond donors (Lipinski definition) is 0. The van der Waals surface area contributed by atoms with Gasteiger partial charge in [0.25, 0.3) is 0 Å². The van der Waals surface area contributed by atoms with Crippen molar-refractivity contribution in [2.45, 2.75) is 32.2 Å². The molecule has 0 radical (unpaired) electrons. The van der Waals surface area contributed by atoms with Crippen LogP contribution >= 0.6 is 0 Å². The highest BCUT2D eigenvalue weighted by atomic mass is 16.6. The number of carbonyl (C=O) groups excluding carboxylic acids is 2. The lowest BCUT2D eigenvalue weighted by atomic mass is 9.96. The van der Waals surface area contributed by atoms with Crippen LogP contribution in [0, 0.1) is 5.21 Å². The zero-order chi connectivity index (χ0) is 16.2. The van der Waals surface area contributed by atoms with Crippen LogP contribution in [0.2, 0.25) is 0 Å². The maximum atomic E-state index is 12.7. The van der Waals surface area contributed by atoms with Crippen molar-refractivity contribution in [1.29, 1.82) is 0 Å². The van der Waals surface area contributed by atoms with Crippen LogP contribution < -0.4 is 0 Å². The van der Waals surface area contributed by atoms with Crippen molar-refractivity contribution in [3.8, 4) is 0 Å². The monoisotopic (exact) mass is 305 g/mol. The average molecular weight is 305 g/mol. The Labute approximate surface area is 128 Å². The molecule has 118 valence electrons. The molecule has 0 saturated heterocycles. The van der Waals surface area contributed by atoms with Crippen molar-refractivity contribution >= 4 is 17.7 Å². The highest BCUT2D eigenvalue weighted by Crippen LogP contribution is 2.30. The van der Waals surface area contributed by atoms with Crippen molar-refractivity contribution in [1.82, 2.24) is 0 Å². The molecule has 1 aliphatic heterocycles. The average Bonchev–Trinajstić information content (AvgIpc) is 2.87. The van der Waals surface area contributed by atoms with Crippen molar-refractivity contribution in [2.24, 2.45) is 0 Å². The van der Waals surface area contributed by atoms with Gasteiger partial charge in [0, 0.05) is 18.4 Å². The minimum atomic E-state index is -1.93. The second-order valence-corrected chi connectivity index (χ2v) is 4.91. The third-order valence-electron chi connectivity index (χ3n) is 3.65. The molecule has 0 spiro atoms. The van der Waals surface area contributed by atoms with Crippen LogP contribution in [-0.2, 0) is 19.1 Å². The molecule has 0 amide bonds. The molecule has 22 heavy (non-hydrogen) atoms. The molecule has 0 bridgehead atoms. The Morgan fingerprint density at radius 2 is 1.68 bits per heavy atom. The van der Waals surface area contributed by atoms with E-state index < -0.39 is 17.5 Å². The molecule has 1 aromatic carbocycles. The van der Waals surface area contributed by atoms with Crippen molar-refractivity contribution in [3.63, 3.8) is 0 Å². The van der Waals surface area contributed by atoms with Gasteiger partial charge in [0.2, 0.25) is 0 Å². The van der Waals surface area contributed by atoms with Gasteiger partial charge in [-0.25, -0.2) is 9.59 Å². The van der Waals surface area contributed by atoms with E-state index in [4.69, 9.17) is 9.47 Å². The lowest BCUT2D eigenvalue weighted by Gasteiger charge is -2.23. The Hall–Kier alpha value is -2.37. The van der Waals surface area contributed by atoms with E-state index in [9.17, 15) is 14.8 Å². The fourth-order valence-corrected chi connectivity index (χ4v) is 2.58. The Balaban J connectivity index is 2.49. The van der Waals surface area contributed by atoms with Gasteiger partial charge in [0.1, 0.15) is 0 Å². The molecule has 0 saturated carbocycles. The summed E-state index contributed by atoms with van der Waals surface area (Å²) in [5.41, 5.74) is -0.855. The summed E-state index contributed by atoms with van der Waals surface area (Å²) in [6.45, 7) is 3.44. The predicted molar refractivity (Wildman–Crippen MR) is 79.4 cm³/mol. The summed E-state index contributed by atoms with van der Waals surface area (Å²) in [6, 6.07) is 8.97. The fourth-order valence-electron chi connectivity index (χ4n) is 2.58. The number of nitrogens with zero attached hydrogens (tertiary/aromatic N) is 1. The zero-order valence-corrected chi connectivity index (χ0v) is 12.7. The molecule has 1 aromatic rings. The molecule has 6 heteroatoms. The maximum Gasteiger partial charge on any atom is 0.392 e. The van der Waals surface area contributed by atoms with E-state index in [2.05, 4.69) is 0 Å². The molecule has 0 atom stereocenters. The fraction of sp³-hybridized carbons (Fsp3) is 0.438. The summed E-state index contributed by atoms with van der Waals surface area (Å²) >= 11 is 0. The van der Waals surface area contributed by atoms with Crippen LogP contribution in [0.5, 0.6) is 0 Å². The molecule has 1 heterocycles. The third-order valence-corrected chi connectivity index (χ3v) is 3.65. The minimum Gasteiger partial charge on any atom is -0.622 e. The summed E-state index contributed by atoms with van der Waals surface area (Å²) in [7, 11) is 0. The summed E-state index contributed by atoms with van der Waals surface area (Å²) in [5, 5.41) is 12.7. The lowest BCUT2D eigenvalue weighted by Crippen LogP contribution is -2.54. The first-order valence-corrected chi connectivity index (χ1v) is 7.31. The molecule has 0 aliphatic carbocycles. The molecule has 0 unspecified atom stereocenters. The highest BCUT2D eigenvalue weighted by molar-refractivity contribution is 6.08. The van der Waals surface area contributed by atoms with E-state index in [0.29, 0.717) is 22.4 Å². The summed E-state index contributed by atoms with van der Waals surface area (Å²) in [5.74, 6) is -1.70. The van der Waals surface area contributed by atoms with Crippen LogP contribution in [0.1, 0.15) is 32.3 Å². The first-order chi connectivity index (χ1) is 10.6. The van der Waals surface area contributed by atoms with Gasteiger partial charge in [-0.3, -0.25) is 0 Å². The SMILES string of the molecule is CCOC(=O)C1(C(=O)OCC)CCC(c2ccccc2)=[N+]1[O-]. The Morgan fingerprint density at radius 3 is 2.18 bits per heavy atom. The van der Waals surface area contributed by atoms with E-state index in [-0.39, 0.29) is 19.6 Å². The number of carbonyl (C=O) groups is 2. The van der Waals surface area contributed by atoms with Gasteiger partial charge in [0.05, 0.1) is 13.2 Å². The van der Waals surface area contributed by atoms with Crippen LogP contribution in [0.4, 0.5) is 0 Å². The predicted octanol–water partition coefficient (Wildman–Crippen LogP) is 1.64. The topological polar surface area (TPSA) is 78.7 Å². The van der Waals surface area contributed by atoms with Crippen molar-refractivity contribution in [3.05, 3.63) is 41.1 Å². The van der Waals surface area contributed by atoms with E-state index in [0.717, 1.165) is 0 Å². The third kappa shape index (κ3) is 2.56. The standard InChI is InChI=1S/C16H19NO5/c1-3-21-14(18)16(15(19)22-4-2)11-10-13(17(16)20)12-8-6-5-7-9-12/h5-9H,3-4,10-11H2,1-2H3. The van der Waals surface area contributed by atoms with Gasteiger partial charge < -0.3 is 14.7 Å². The number of hydroxylamine groups is 1. The Bertz CT molecular complexity index is 576. The number of benzene rings is 1. The second kappa shape index (κ2) is 6.60. The summed E-state index contributed by atoms with van der Waals surface area (Å²) < 4.78 is 10.4. The molecule has 6 nitrogen and oxygen atoms in total. The molecule has 1 aliphatic rings. The summed E-state index contributed by atoms with van der Waals surface area (Å²) in [6.07, 6.45) is 0.365. The molecule has 0 fully saturated rings. The van der Waals surface area contributed by atoms with Gasteiger partial charge in [-0.2, -0.15) is 4.74 Å². The van der Waals surface area contributed by atoms with Gasteiger partial charge in [-0.15, -0.1) is 0 Å². The smallest absolute Gasteiger partial charge is 0.392 e. The van der Waals surface area contributed by atoms with Gasteiger partial charge in [0.15, 0.2) is 5.71 Å². The van der Waals surface area contributed by atoms with Gasteiger partial charge in [-0.1, -0.05) is 18.2 Å². The molecule has 0 aromatic heterocycles. The Morgan fingerprint density at radius 1 is 1.14 bits per heavy atom. The van der Waals surface area contributed by atoms with Crippen molar-refractivity contribution in [2.75, 3.05) is 13.2 Å². The normalized spacial score (nSPS) is 16.5. The van der Waals surface area contributed by atoms with E-state index in [1.807, 2.05) is 6.07 Å². The maximum absolute atomic E-state index is 12.7. The minimum absolute atomic E-state index is 0.0540. The highest BCUT2D eigenvalue weighted by Gasteiger charge is 2.62. The molecular formula is C16H19NO5. The van der Waals surface area contributed by atoms with Crippen LogP contribution in [0.25, 0.3) is 0 Å². The van der Waals surface area contributed by atoms with Gasteiger partial charge >= 0.3 is 17.5 Å². The number of esters is 2. The van der Waals surface area contributed by atoms with Gasteiger partial charge in [-0.05, 0) is 26.0 Å². The Kier molecular flexibility index (Phi) is 4.80. The number of hydrogen-bond acceptors (Lipinski definition) is 5. The second-order valence-electron chi connectivity index (χ2n) is 4.91. The van der Waals surface area contributed by atoms with E-state index in [1.165, 1.54) is 0 Å². The van der Waals surface area contributed by atoms with Crippen LogP contribution in [0.15, 0.2) is 30.3 Å². The quantitative estimate of drug-likeness (QED) is 0.358. The first kappa shape index (κ1) is 16.0. The van der Waals surface area contributed by atoms with Crippen LogP contribution in [-0.4, -0.2) is 41.1 Å². The zero-order valence-electron chi connectivity index (χ0n) is 12.7. The lowest BCUT2D eigenvalue weighted by molar-refractivity contribution is -0.512. The number of rotatable bonds is 5. The van der Waals surface area contributed by atoms with E-state index in [1.54, 1.807) is 38.1 Å². The van der Waals surface area contributed by atoms with E-state index >= 15 is 0 Å². The largest absolute Gasteiger partial charge is 0.622 e. The molecule has 0 N–H and O–H groups in total. The molecule has 2 rings (SSSR count). The summed E-state index contributed by atoms with van der Waals surface area (Å²) in [4.78, 5) is 24.6.